The van der Waals surface area contributed by atoms with Gasteiger partial charge in [-0.2, -0.15) is 0 Å². The number of carbonyl (C=O) groups is 2. The van der Waals surface area contributed by atoms with E-state index in [-0.39, 0.29) is 17.1 Å². The fraction of sp³-hybridized carbons (Fsp3) is 0. The van der Waals surface area contributed by atoms with Crippen LogP contribution in [0.4, 0.5) is 0 Å². The molecule has 4 nitrogen and oxygen atoms in total. The van der Waals surface area contributed by atoms with Crippen LogP contribution < -0.4 is 0 Å². The van der Waals surface area contributed by atoms with Gasteiger partial charge in [0.15, 0.2) is 22.7 Å². The van der Waals surface area contributed by atoms with Crippen LogP contribution in [0.5, 0.6) is 0 Å². The van der Waals surface area contributed by atoms with E-state index < -0.39 is 0 Å². The van der Waals surface area contributed by atoms with Crippen LogP contribution in [-0.4, -0.2) is 11.6 Å². The summed E-state index contributed by atoms with van der Waals surface area (Å²) >= 11 is 1.58. The van der Waals surface area contributed by atoms with Crippen molar-refractivity contribution in [3.05, 3.63) is 88.5 Å². The second kappa shape index (κ2) is 5.90. The Bertz CT molecular complexity index is 1390. The molecule has 0 unspecified atom stereocenters. The van der Waals surface area contributed by atoms with Crippen LogP contribution >= 0.6 is 11.3 Å². The topological polar surface area (TPSA) is 60.4 Å². The molecule has 0 spiro atoms. The molecule has 0 bridgehead atoms. The number of furan rings is 2. The minimum atomic E-state index is -0.275. The summed E-state index contributed by atoms with van der Waals surface area (Å²) in [6.07, 6.45) is 1.51. The third kappa shape index (κ3) is 2.45. The molecule has 0 saturated heterocycles. The van der Waals surface area contributed by atoms with Gasteiger partial charge in [-0.3, -0.25) is 9.59 Å². The summed E-state index contributed by atoms with van der Waals surface area (Å²) in [5.74, 6) is 0.608. The smallest absolute Gasteiger partial charge is 0.197 e. The molecule has 1 aliphatic rings. The van der Waals surface area contributed by atoms with Gasteiger partial charge in [0.2, 0.25) is 0 Å². The summed E-state index contributed by atoms with van der Waals surface area (Å²) in [7, 11) is 0. The lowest BCUT2D eigenvalue weighted by molar-refractivity contribution is 0.0990. The largest absolute Gasteiger partial charge is 0.453 e. The van der Waals surface area contributed by atoms with Crippen molar-refractivity contribution in [2.45, 2.75) is 0 Å². The monoisotopic (exact) mass is 396 g/mol. The Hall–Kier alpha value is -3.70. The van der Waals surface area contributed by atoms with Crippen molar-refractivity contribution < 1.29 is 18.4 Å². The van der Waals surface area contributed by atoms with Gasteiger partial charge in [0.05, 0.1) is 10.5 Å². The number of benzene rings is 2. The number of allylic oxidation sites excluding steroid dienone is 1. The summed E-state index contributed by atoms with van der Waals surface area (Å²) in [5.41, 5.74) is 2.17. The molecule has 0 N–H and O–H groups in total. The van der Waals surface area contributed by atoms with Gasteiger partial charge < -0.3 is 8.83 Å². The van der Waals surface area contributed by atoms with Crippen LogP contribution in [0.2, 0.25) is 0 Å². The highest BCUT2D eigenvalue weighted by Gasteiger charge is 2.33. The molecule has 0 fully saturated rings. The van der Waals surface area contributed by atoms with E-state index in [4.69, 9.17) is 8.83 Å². The van der Waals surface area contributed by atoms with E-state index in [9.17, 15) is 9.59 Å². The summed E-state index contributed by atoms with van der Waals surface area (Å²) in [4.78, 5) is 26.7. The number of hydrogen-bond acceptors (Lipinski definition) is 5. The van der Waals surface area contributed by atoms with Crippen LogP contribution in [0.1, 0.15) is 26.5 Å². The molecular formula is C24H12O4S. The zero-order valence-electron chi connectivity index (χ0n) is 15.0. The van der Waals surface area contributed by atoms with E-state index in [0.717, 1.165) is 21.4 Å². The molecule has 0 aliphatic heterocycles. The zero-order valence-corrected chi connectivity index (χ0v) is 15.8. The minimum absolute atomic E-state index is 0.116. The van der Waals surface area contributed by atoms with Crippen molar-refractivity contribution in [1.82, 2.24) is 0 Å². The van der Waals surface area contributed by atoms with Crippen molar-refractivity contribution in [3.63, 3.8) is 0 Å². The number of hydrogen-bond donors (Lipinski definition) is 0. The second-order valence-corrected chi connectivity index (χ2v) is 7.87. The molecule has 1 aliphatic carbocycles. The number of fused-ring (bicyclic) bond motifs is 3. The van der Waals surface area contributed by atoms with Gasteiger partial charge in [0.25, 0.3) is 0 Å². The van der Waals surface area contributed by atoms with Gasteiger partial charge in [-0.15, -0.1) is 11.3 Å². The zero-order chi connectivity index (χ0) is 19.5. The van der Waals surface area contributed by atoms with Gasteiger partial charge in [-0.05, 0) is 40.4 Å². The van der Waals surface area contributed by atoms with Crippen molar-refractivity contribution in [3.8, 4) is 10.6 Å². The highest BCUT2D eigenvalue weighted by atomic mass is 32.1. The first-order valence-corrected chi connectivity index (χ1v) is 9.96. The third-order valence-corrected chi connectivity index (χ3v) is 6.03. The fourth-order valence-corrected chi connectivity index (χ4v) is 4.43. The van der Waals surface area contributed by atoms with Gasteiger partial charge in [-0.25, -0.2) is 0 Å². The molecular weight excluding hydrogens is 384 g/mol. The maximum atomic E-state index is 12.9. The highest BCUT2D eigenvalue weighted by Crippen LogP contribution is 2.35. The van der Waals surface area contributed by atoms with Crippen LogP contribution in [0.3, 0.4) is 0 Å². The predicted molar refractivity (Wildman–Crippen MR) is 112 cm³/mol. The van der Waals surface area contributed by atoms with Crippen molar-refractivity contribution >= 4 is 50.9 Å². The fourth-order valence-electron chi connectivity index (χ4n) is 3.75. The molecule has 6 rings (SSSR count). The molecule has 0 radical (unpaired) electrons. The van der Waals surface area contributed by atoms with E-state index in [1.165, 1.54) is 6.08 Å². The maximum Gasteiger partial charge on any atom is 0.197 e. The average molecular weight is 396 g/mol. The van der Waals surface area contributed by atoms with E-state index in [0.29, 0.717) is 28.1 Å². The minimum Gasteiger partial charge on any atom is -0.453 e. The van der Waals surface area contributed by atoms with Gasteiger partial charge in [0, 0.05) is 23.3 Å². The summed E-state index contributed by atoms with van der Waals surface area (Å²) in [5, 5.41) is 3.85. The number of ketones is 2. The van der Waals surface area contributed by atoms with Crippen LogP contribution in [0.15, 0.2) is 80.5 Å². The summed E-state index contributed by atoms with van der Waals surface area (Å²) in [6, 6.07) is 18.7. The molecule has 0 saturated carbocycles. The first kappa shape index (κ1) is 16.3. The molecule has 29 heavy (non-hydrogen) atoms. The Kier molecular flexibility index (Phi) is 3.31. The Morgan fingerprint density at radius 1 is 0.759 bits per heavy atom. The standard InChI is InChI=1S/C24H12O4S/c25-23-16-8-13-4-1-2-5-14(13)9-17(16)24(26)18(23)10-15-11-19-20(27-15)12-21(28-19)22-6-3-7-29-22/h1-12H. The van der Waals surface area contributed by atoms with Gasteiger partial charge in [0.1, 0.15) is 11.5 Å². The quantitative estimate of drug-likeness (QED) is 0.257. The number of thiophene rings is 1. The van der Waals surface area contributed by atoms with E-state index in [2.05, 4.69) is 0 Å². The molecule has 3 aromatic heterocycles. The normalized spacial score (nSPS) is 13.6. The molecule has 5 heteroatoms. The van der Waals surface area contributed by atoms with Gasteiger partial charge in [-0.1, -0.05) is 30.3 Å². The predicted octanol–water partition coefficient (Wildman–Crippen LogP) is 6.37. The Labute approximate surface area is 168 Å². The lowest BCUT2D eigenvalue weighted by atomic mass is 10.0. The van der Waals surface area contributed by atoms with Crippen LogP contribution in [0.25, 0.3) is 38.7 Å². The van der Waals surface area contributed by atoms with E-state index in [1.807, 2.05) is 47.8 Å². The Balaban J connectivity index is 1.41. The van der Waals surface area contributed by atoms with E-state index >= 15 is 0 Å². The summed E-state index contributed by atoms with van der Waals surface area (Å²) < 4.78 is 11.7. The average Bonchev–Trinajstić information content (AvgIpc) is 3.48. The third-order valence-electron chi connectivity index (χ3n) is 5.14. The number of Topliss-reactive ketones (excluding diaryl/α,β-unsaturated/α-hetero) is 2. The Morgan fingerprint density at radius 3 is 2.07 bits per heavy atom. The molecule has 2 aromatic carbocycles. The SMILES string of the molecule is O=C1C(=Cc2cc3oc(-c4cccs4)cc3o2)C(=O)c2cc3ccccc3cc21. The van der Waals surface area contributed by atoms with E-state index in [1.54, 1.807) is 29.5 Å². The molecule has 0 atom stereocenters. The van der Waals surface area contributed by atoms with Gasteiger partial charge >= 0.3 is 0 Å². The second-order valence-electron chi connectivity index (χ2n) is 6.93. The maximum absolute atomic E-state index is 12.9. The summed E-state index contributed by atoms with van der Waals surface area (Å²) in [6.45, 7) is 0. The number of carbonyl (C=O) groups excluding carboxylic acids is 2. The first-order valence-electron chi connectivity index (χ1n) is 9.08. The molecule has 0 amide bonds. The van der Waals surface area contributed by atoms with Crippen molar-refractivity contribution in [1.29, 1.82) is 0 Å². The first-order chi connectivity index (χ1) is 14.2. The van der Waals surface area contributed by atoms with Crippen LogP contribution in [0, 0.1) is 0 Å². The molecule has 138 valence electrons. The number of rotatable bonds is 2. The van der Waals surface area contributed by atoms with Crippen molar-refractivity contribution in [2.24, 2.45) is 0 Å². The van der Waals surface area contributed by atoms with Crippen LogP contribution in [-0.2, 0) is 0 Å². The highest BCUT2D eigenvalue weighted by molar-refractivity contribution is 7.13. The molecule has 5 aromatic rings. The lowest BCUT2D eigenvalue weighted by Crippen LogP contribution is -1.99. The Morgan fingerprint density at radius 2 is 1.45 bits per heavy atom. The lowest BCUT2D eigenvalue weighted by Gasteiger charge is -2.00. The van der Waals surface area contributed by atoms with Crippen molar-refractivity contribution in [2.75, 3.05) is 0 Å². The molecule has 3 heterocycles.